The fourth-order valence-corrected chi connectivity index (χ4v) is 3.46. The topological polar surface area (TPSA) is 73.4 Å². The molecule has 0 aliphatic carbocycles. The number of nitrogens with zero attached hydrogens (tertiary/aromatic N) is 4. The molecule has 3 aromatic rings. The Bertz CT molecular complexity index is 995. The molecule has 0 saturated carbocycles. The first-order valence-electron chi connectivity index (χ1n) is 10.1. The van der Waals surface area contributed by atoms with Crippen molar-refractivity contribution in [3.05, 3.63) is 60.8 Å². The first-order chi connectivity index (χ1) is 14.6. The van der Waals surface area contributed by atoms with Gasteiger partial charge in [0, 0.05) is 61.9 Å². The lowest BCUT2D eigenvalue weighted by Gasteiger charge is -2.34. The maximum absolute atomic E-state index is 11.2. The summed E-state index contributed by atoms with van der Waals surface area (Å²) >= 11 is 0. The molecule has 0 unspecified atom stereocenters. The zero-order valence-corrected chi connectivity index (χ0v) is 17.3. The van der Waals surface area contributed by atoms with E-state index in [1.807, 2.05) is 30.3 Å². The van der Waals surface area contributed by atoms with Gasteiger partial charge in [-0.1, -0.05) is 12.1 Å². The Balaban J connectivity index is 1.43. The van der Waals surface area contributed by atoms with E-state index in [1.165, 1.54) is 12.6 Å². The van der Waals surface area contributed by atoms with Crippen LogP contribution in [0.5, 0.6) is 0 Å². The van der Waals surface area contributed by atoms with Crippen molar-refractivity contribution in [2.45, 2.75) is 6.92 Å². The van der Waals surface area contributed by atoms with Crippen LogP contribution in [0, 0.1) is 0 Å². The van der Waals surface area contributed by atoms with E-state index in [9.17, 15) is 4.79 Å². The van der Waals surface area contributed by atoms with Gasteiger partial charge in [-0.05, 0) is 49.5 Å². The third-order valence-corrected chi connectivity index (χ3v) is 5.15. The second kappa shape index (κ2) is 8.92. The van der Waals surface area contributed by atoms with Gasteiger partial charge in [-0.2, -0.15) is 0 Å². The van der Waals surface area contributed by atoms with Gasteiger partial charge in [-0.25, -0.2) is 9.97 Å². The molecular weight excluding hydrogens is 376 g/mol. The second-order valence-electron chi connectivity index (χ2n) is 7.49. The predicted octanol–water partition coefficient (Wildman–Crippen LogP) is 3.60. The van der Waals surface area contributed by atoms with Gasteiger partial charge in [0.25, 0.3) is 0 Å². The lowest BCUT2D eigenvalue weighted by molar-refractivity contribution is -0.114. The van der Waals surface area contributed by atoms with Gasteiger partial charge >= 0.3 is 0 Å². The molecule has 4 rings (SSSR count). The SMILES string of the molecule is CC(=O)Nc1ccc(-c2ccnc(Nc3ccc(N4CCN(C)CC4)cc3)n2)cc1. The first-order valence-corrected chi connectivity index (χ1v) is 10.1. The van der Waals surface area contributed by atoms with Gasteiger partial charge in [0.2, 0.25) is 11.9 Å². The van der Waals surface area contributed by atoms with Crippen molar-refractivity contribution in [3.8, 4) is 11.3 Å². The van der Waals surface area contributed by atoms with Crippen molar-refractivity contribution in [1.82, 2.24) is 14.9 Å². The van der Waals surface area contributed by atoms with E-state index in [0.29, 0.717) is 5.95 Å². The number of likely N-dealkylation sites (N-methyl/N-ethyl adjacent to an activating group) is 1. The molecule has 1 aromatic heterocycles. The third-order valence-electron chi connectivity index (χ3n) is 5.15. The number of piperazine rings is 1. The van der Waals surface area contributed by atoms with Gasteiger partial charge in [0.1, 0.15) is 0 Å². The van der Waals surface area contributed by atoms with E-state index < -0.39 is 0 Å². The lowest BCUT2D eigenvalue weighted by Crippen LogP contribution is -2.44. The number of aromatic nitrogens is 2. The maximum atomic E-state index is 11.2. The summed E-state index contributed by atoms with van der Waals surface area (Å²) < 4.78 is 0. The highest BCUT2D eigenvalue weighted by atomic mass is 16.1. The summed E-state index contributed by atoms with van der Waals surface area (Å²) in [6, 6.07) is 17.9. The Labute approximate surface area is 176 Å². The molecule has 1 saturated heterocycles. The molecule has 0 atom stereocenters. The molecule has 0 bridgehead atoms. The lowest BCUT2D eigenvalue weighted by atomic mass is 10.1. The molecule has 30 heavy (non-hydrogen) atoms. The van der Waals surface area contributed by atoms with Gasteiger partial charge < -0.3 is 20.4 Å². The quantitative estimate of drug-likeness (QED) is 0.679. The number of hydrogen-bond donors (Lipinski definition) is 2. The molecule has 2 N–H and O–H groups in total. The first kappa shape index (κ1) is 19.8. The minimum atomic E-state index is -0.0880. The summed E-state index contributed by atoms with van der Waals surface area (Å²) in [5.41, 5.74) is 4.73. The van der Waals surface area contributed by atoms with Crippen molar-refractivity contribution >= 4 is 28.9 Å². The van der Waals surface area contributed by atoms with E-state index in [-0.39, 0.29) is 5.91 Å². The summed E-state index contributed by atoms with van der Waals surface area (Å²) in [5.74, 6) is 0.459. The number of amides is 1. The number of hydrogen-bond acceptors (Lipinski definition) is 6. The number of anilines is 4. The van der Waals surface area contributed by atoms with Crippen LogP contribution in [0.25, 0.3) is 11.3 Å². The summed E-state index contributed by atoms with van der Waals surface area (Å²) in [6.45, 7) is 5.77. The Morgan fingerprint density at radius 3 is 2.23 bits per heavy atom. The van der Waals surface area contributed by atoms with E-state index >= 15 is 0 Å². The zero-order valence-electron chi connectivity index (χ0n) is 17.3. The van der Waals surface area contributed by atoms with Crippen molar-refractivity contribution < 1.29 is 4.79 Å². The van der Waals surface area contributed by atoms with E-state index in [4.69, 9.17) is 0 Å². The van der Waals surface area contributed by atoms with Gasteiger partial charge in [0.15, 0.2) is 0 Å². The molecule has 1 fully saturated rings. The minimum absolute atomic E-state index is 0.0880. The Morgan fingerprint density at radius 1 is 0.900 bits per heavy atom. The van der Waals surface area contributed by atoms with Crippen LogP contribution in [0.2, 0.25) is 0 Å². The Morgan fingerprint density at radius 2 is 1.57 bits per heavy atom. The fourth-order valence-electron chi connectivity index (χ4n) is 3.46. The molecule has 7 heteroatoms. The van der Waals surface area contributed by atoms with Crippen LogP contribution in [0.1, 0.15) is 6.92 Å². The van der Waals surface area contributed by atoms with E-state index in [0.717, 1.165) is 48.8 Å². The minimum Gasteiger partial charge on any atom is -0.369 e. The number of nitrogens with one attached hydrogen (secondary N) is 2. The summed E-state index contributed by atoms with van der Waals surface area (Å²) in [6.07, 6.45) is 1.74. The molecular formula is C23H26N6O. The highest BCUT2D eigenvalue weighted by Gasteiger charge is 2.14. The van der Waals surface area contributed by atoms with Crippen LogP contribution in [-0.2, 0) is 4.79 Å². The number of benzene rings is 2. The van der Waals surface area contributed by atoms with E-state index in [2.05, 4.69) is 61.7 Å². The van der Waals surface area contributed by atoms with Crippen LogP contribution in [0.15, 0.2) is 60.8 Å². The molecule has 0 spiro atoms. The number of carbonyl (C=O) groups is 1. The van der Waals surface area contributed by atoms with Crippen LogP contribution in [0.4, 0.5) is 23.0 Å². The van der Waals surface area contributed by atoms with Crippen LogP contribution in [0.3, 0.4) is 0 Å². The number of carbonyl (C=O) groups excluding carboxylic acids is 1. The van der Waals surface area contributed by atoms with Crippen LogP contribution >= 0.6 is 0 Å². The molecule has 7 nitrogen and oxygen atoms in total. The fraction of sp³-hybridized carbons (Fsp3) is 0.261. The zero-order chi connectivity index (χ0) is 20.9. The average Bonchev–Trinajstić information content (AvgIpc) is 2.75. The molecule has 2 aromatic carbocycles. The average molecular weight is 403 g/mol. The molecule has 154 valence electrons. The largest absolute Gasteiger partial charge is 0.369 e. The summed E-state index contributed by atoms with van der Waals surface area (Å²) in [4.78, 5) is 24.9. The molecule has 2 heterocycles. The summed E-state index contributed by atoms with van der Waals surface area (Å²) in [7, 11) is 2.16. The standard InChI is InChI=1S/C23H26N6O/c1-17(30)25-19-5-3-18(4-6-19)22-11-12-24-23(27-22)26-20-7-9-21(10-8-20)29-15-13-28(2)14-16-29/h3-12H,13-16H2,1-2H3,(H,25,30)(H,24,26,27). The van der Waals surface area contributed by atoms with Crippen molar-refractivity contribution in [3.63, 3.8) is 0 Å². The number of rotatable bonds is 5. The van der Waals surface area contributed by atoms with Gasteiger partial charge in [-0.15, -0.1) is 0 Å². The normalized spacial score (nSPS) is 14.4. The van der Waals surface area contributed by atoms with Crippen LogP contribution < -0.4 is 15.5 Å². The smallest absolute Gasteiger partial charge is 0.227 e. The third kappa shape index (κ3) is 4.93. The van der Waals surface area contributed by atoms with Crippen molar-refractivity contribution in [1.29, 1.82) is 0 Å². The molecule has 1 aliphatic heterocycles. The summed E-state index contributed by atoms with van der Waals surface area (Å²) in [5, 5.41) is 6.05. The van der Waals surface area contributed by atoms with Crippen molar-refractivity contribution in [2.24, 2.45) is 0 Å². The maximum Gasteiger partial charge on any atom is 0.227 e. The Kier molecular flexibility index (Phi) is 5.90. The van der Waals surface area contributed by atoms with Crippen molar-refractivity contribution in [2.75, 3.05) is 48.8 Å². The Hall–Kier alpha value is -3.45. The molecule has 1 amide bonds. The second-order valence-corrected chi connectivity index (χ2v) is 7.49. The highest BCUT2D eigenvalue weighted by Crippen LogP contribution is 2.23. The monoisotopic (exact) mass is 402 g/mol. The molecule has 1 aliphatic rings. The predicted molar refractivity (Wildman–Crippen MR) is 121 cm³/mol. The van der Waals surface area contributed by atoms with E-state index in [1.54, 1.807) is 6.20 Å². The van der Waals surface area contributed by atoms with Crippen LogP contribution in [-0.4, -0.2) is 54.0 Å². The van der Waals surface area contributed by atoms with Gasteiger partial charge in [-0.3, -0.25) is 4.79 Å². The highest BCUT2D eigenvalue weighted by molar-refractivity contribution is 5.88. The molecule has 0 radical (unpaired) electrons. The van der Waals surface area contributed by atoms with Gasteiger partial charge in [0.05, 0.1) is 5.69 Å².